The molecule has 1 aliphatic heterocycles. The molecule has 2 amide bonds. The van der Waals surface area contributed by atoms with Gasteiger partial charge in [-0.05, 0) is 42.5 Å². The third-order valence-corrected chi connectivity index (χ3v) is 5.87. The largest absolute Gasteiger partial charge is 0.366 e. The molecule has 0 radical (unpaired) electrons. The second kappa shape index (κ2) is 7.81. The first-order valence-corrected chi connectivity index (χ1v) is 10.4. The number of pyridine rings is 1. The molecule has 0 saturated heterocycles. The highest BCUT2D eigenvalue weighted by Crippen LogP contribution is 2.36. The van der Waals surface area contributed by atoms with Crippen molar-refractivity contribution in [3.8, 4) is 11.3 Å². The van der Waals surface area contributed by atoms with Gasteiger partial charge in [0.1, 0.15) is 5.82 Å². The maximum atomic E-state index is 12.8. The van der Waals surface area contributed by atoms with Crippen molar-refractivity contribution in [3.05, 3.63) is 64.4 Å². The lowest BCUT2D eigenvalue weighted by Gasteiger charge is -2.15. The van der Waals surface area contributed by atoms with Crippen LogP contribution in [0.3, 0.4) is 0 Å². The number of hydrogen-bond donors (Lipinski definition) is 2. The third kappa shape index (κ3) is 4.18. The molecule has 4 rings (SSSR count). The Morgan fingerprint density at radius 1 is 1.26 bits per heavy atom. The predicted molar refractivity (Wildman–Crippen MR) is 120 cm³/mol. The average molecular weight is 438 g/mol. The van der Waals surface area contributed by atoms with Gasteiger partial charge in [0.25, 0.3) is 0 Å². The fraction of sp³-hybridized carbons (Fsp3) is 0.304. The number of aromatic nitrogens is 3. The molecule has 3 N–H and O–H groups in total. The van der Waals surface area contributed by atoms with E-state index in [0.29, 0.717) is 27.5 Å². The first-order chi connectivity index (χ1) is 14.6. The van der Waals surface area contributed by atoms with Crippen molar-refractivity contribution in [2.45, 2.75) is 39.7 Å². The molecule has 1 unspecified atom stereocenters. The molecule has 0 fully saturated rings. The van der Waals surface area contributed by atoms with Gasteiger partial charge in [0.05, 0.1) is 16.6 Å². The Balaban J connectivity index is 1.57. The second-order valence-corrected chi connectivity index (χ2v) is 9.14. The number of anilines is 1. The SMILES string of the molecule is CC(C(=O)Nc1cc(-c2cc3n(n2)CC(C)(C)C3)c(Cl)cn1)c1ccccc1C(N)=O. The van der Waals surface area contributed by atoms with Crippen LogP contribution in [0.15, 0.2) is 42.6 Å². The lowest BCUT2D eigenvalue weighted by Crippen LogP contribution is -2.23. The molecular formula is C23H24ClN5O2. The van der Waals surface area contributed by atoms with E-state index in [1.54, 1.807) is 37.3 Å². The zero-order chi connectivity index (χ0) is 22.3. The Morgan fingerprint density at radius 2 is 2.00 bits per heavy atom. The lowest BCUT2D eigenvalue weighted by molar-refractivity contribution is -0.117. The van der Waals surface area contributed by atoms with E-state index < -0.39 is 11.8 Å². The number of carbonyl (C=O) groups is 2. The Hall–Kier alpha value is -3.19. The smallest absolute Gasteiger partial charge is 0.249 e. The summed E-state index contributed by atoms with van der Waals surface area (Å²) < 4.78 is 2.01. The van der Waals surface area contributed by atoms with Gasteiger partial charge >= 0.3 is 0 Å². The van der Waals surface area contributed by atoms with E-state index in [4.69, 9.17) is 22.4 Å². The number of nitrogens with one attached hydrogen (secondary N) is 1. The summed E-state index contributed by atoms with van der Waals surface area (Å²) in [7, 11) is 0. The van der Waals surface area contributed by atoms with Gasteiger partial charge in [0.15, 0.2) is 0 Å². The summed E-state index contributed by atoms with van der Waals surface area (Å²) in [6.07, 6.45) is 2.45. The molecule has 8 heteroatoms. The van der Waals surface area contributed by atoms with Gasteiger partial charge in [-0.2, -0.15) is 5.10 Å². The van der Waals surface area contributed by atoms with Crippen molar-refractivity contribution in [2.75, 3.05) is 5.32 Å². The number of primary amides is 1. The van der Waals surface area contributed by atoms with Crippen molar-refractivity contribution < 1.29 is 9.59 Å². The Kier molecular flexibility index (Phi) is 5.31. The van der Waals surface area contributed by atoms with Crippen LogP contribution in [0, 0.1) is 5.41 Å². The van der Waals surface area contributed by atoms with Crippen molar-refractivity contribution in [1.82, 2.24) is 14.8 Å². The van der Waals surface area contributed by atoms with Crippen LogP contribution in [0.5, 0.6) is 0 Å². The van der Waals surface area contributed by atoms with Gasteiger partial charge in [0, 0.05) is 29.6 Å². The molecule has 31 heavy (non-hydrogen) atoms. The maximum absolute atomic E-state index is 12.8. The molecule has 0 bridgehead atoms. The van der Waals surface area contributed by atoms with Crippen LogP contribution in [0.25, 0.3) is 11.3 Å². The van der Waals surface area contributed by atoms with E-state index in [1.807, 2.05) is 10.7 Å². The molecular weight excluding hydrogens is 414 g/mol. The van der Waals surface area contributed by atoms with Crippen LogP contribution in [0.4, 0.5) is 5.82 Å². The fourth-order valence-electron chi connectivity index (χ4n) is 4.00. The van der Waals surface area contributed by atoms with Crippen molar-refractivity contribution in [3.63, 3.8) is 0 Å². The number of nitrogens with zero attached hydrogens (tertiary/aromatic N) is 3. The summed E-state index contributed by atoms with van der Waals surface area (Å²) in [5.41, 5.74) is 9.15. The van der Waals surface area contributed by atoms with E-state index >= 15 is 0 Å². The average Bonchev–Trinajstić information content (AvgIpc) is 3.22. The van der Waals surface area contributed by atoms with Gasteiger partial charge in [0.2, 0.25) is 11.8 Å². The number of benzene rings is 1. The molecule has 0 saturated carbocycles. The minimum absolute atomic E-state index is 0.194. The minimum atomic E-state index is -0.594. The van der Waals surface area contributed by atoms with E-state index in [9.17, 15) is 9.59 Å². The quantitative estimate of drug-likeness (QED) is 0.629. The van der Waals surface area contributed by atoms with Gasteiger partial charge in [-0.25, -0.2) is 4.98 Å². The Morgan fingerprint density at radius 3 is 2.71 bits per heavy atom. The standard InChI is InChI=1S/C23H24ClN5O2/c1-13(15-6-4-5-7-16(15)21(25)30)22(31)27-20-9-17(18(24)11-26-20)19-8-14-10-23(2,3)12-29(14)28-19/h4-9,11,13H,10,12H2,1-3H3,(H2,25,30)(H,26,27,31). The van der Waals surface area contributed by atoms with E-state index in [-0.39, 0.29) is 11.3 Å². The molecule has 1 aliphatic rings. The summed E-state index contributed by atoms with van der Waals surface area (Å²) in [6.45, 7) is 7.00. The zero-order valence-corrected chi connectivity index (χ0v) is 18.4. The van der Waals surface area contributed by atoms with E-state index in [2.05, 4.69) is 24.1 Å². The monoisotopic (exact) mass is 437 g/mol. The molecule has 7 nitrogen and oxygen atoms in total. The van der Waals surface area contributed by atoms with Gasteiger partial charge < -0.3 is 11.1 Å². The summed E-state index contributed by atoms with van der Waals surface area (Å²) in [5, 5.41) is 7.96. The van der Waals surface area contributed by atoms with Gasteiger partial charge in [-0.3, -0.25) is 14.3 Å². The number of nitrogens with two attached hydrogens (primary N) is 1. The van der Waals surface area contributed by atoms with Crippen molar-refractivity contribution in [1.29, 1.82) is 0 Å². The molecule has 1 atom stereocenters. The molecule has 3 aromatic rings. The number of fused-ring (bicyclic) bond motifs is 1. The highest BCUT2D eigenvalue weighted by atomic mass is 35.5. The summed E-state index contributed by atoms with van der Waals surface area (Å²) >= 11 is 6.38. The van der Waals surface area contributed by atoms with Crippen LogP contribution in [-0.4, -0.2) is 26.6 Å². The number of carbonyl (C=O) groups excluding carboxylic acids is 2. The van der Waals surface area contributed by atoms with Gasteiger partial charge in [-0.1, -0.05) is 43.6 Å². The molecule has 0 spiro atoms. The number of amides is 2. The summed E-state index contributed by atoms with van der Waals surface area (Å²) in [6, 6.07) is 10.6. The fourth-order valence-corrected chi connectivity index (χ4v) is 4.20. The number of rotatable bonds is 5. The van der Waals surface area contributed by atoms with Crippen LogP contribution in [0.2, 0.25) is 5.02 Å². The highest BCUT2D eigenvalue weighted by Gasteiger charge is 2.30. The summed E-state index contributed by atoms with van der Waals surface area (Å²) in [5.74, 6) is -1.11. The lowest BCUT2D eigenvalue weighted by atomic mass is 9.91. The first kappa shape index (κ1) is 21.1. The van der Waals surface area contributed by atoms with Crippen molar-refractivity contribution in [2.24, 2.45) is 11.1 Å². The molecule has 2 aromatic heterocycles. The Labute approximate surface area is 185 Å². The molecule has 1 aromatic carbocycles. The number of halogens is 1. The van der Waals surface area contributed by atoms with Crippen LogP contribution >= 0.6 is 11.6 Å². The minimum Gasteiger partial charge on any atom is -0.366 e. The second-order valence-electron chi connectivity index (χ2n) is 8.73. The third-order valence-electron chi connectivity index (χ3n) is 5.57. The van der Waals surface area contributed by atoms with Gasteiger partial charge in [-0.15, -0.1) is 0 Å². The normalized spacial score (nSPS) is 15.4. The highest BCUT2D eigenvalue weighted by molar-refractivity contribution is 6.33. The summed E-state index contributed by atoms with van der Waals surface area (Å²) in [4.78, 5) is 28.8. The topological polar surface area (TPSA) is 103 Å². The maximum Gasteiger partial charge on any atom is 0.249 e. The van der Waals surface area contributed by atoms with E-state index in [0.717, 1.165) is 24.4 Å². The predicted octanol–water partition coefficient (Wildman–Crippen LogP) is 4.02. The van der Waals surface area contributed by atoms with Crippen LogP contribution < -0.4 is 11.1 Å². The van der Waals surface area contributed by atoms with Crippen LogP contribution in [0.1, 0.15) is 48.3 Å². The molecule has 160 valence electrons. The first-order valence-electron chi connectivity index (χ1n) is 10.1. The number of hydrogen-bond acceptors (Lipinski definition) is 4. The molecule has 3 heterocycles. The van der Waals surface area contributed by atoms with E-state index in [1.165, 1.54) is 6.20 Å². The Bertz CT molecular complexity index is 1160. The zero-order valence-electron chi connectivity index (χ0n) is 17.6. The molecule has 0 aliphatic carbocycles. The van der Waals surface area contributed by atoms with Crippen LogP contribution in [-0.2, 0) is 17.8 Å². The van der Waals surface area contributed by atoms with Crippen molar-refractivity contribution >= 4 is 29.2 Å².